The van der Waals surface area contributed by atoms with E-state index in [0.717, 1.165) is 16.1 Å². The van der Waals surface area contributed by atoms with Gasteiger partial charge in [-0.1, -0.05) is 17.7 Å². The van der Waals surface area contributed by atoms with Crippen molar-refractivity contribution in [1.82, 2.24) is 19.4 Å². The lowest BCUT2D eigenvalue weighted by Gasteiger charge is -2.34. The Hall–Kier alpha value is -2.63. The summed E-state index contributed by atoms with van der Waals surface area (Å²) in [6.07, 6.45) is 1.89. The lowest BCUT2D eigenvalue weighted by molar-refractivity contribution is 0.0622. The quantitative estimate of drug-likeness (QED) is 0.533. The highest BCUT2D eigenvalue weighted by Gasteiger charge is 2.25. The number of benzene rings is 1. The molecule has 0 unspecified atom stereocenters. The molecule has 1 aliphatic rings. The Labute approximate surface area is 205 Å². The molecule has 180 valence electrons. The second-order valence-electron chi connectivity index (χ2n) is 7.84. The first-order valence-corrected chi connectivity index (χ1v) is 12.0. The topological polar surface area (TPSA) is 83.2 Å². The normalized spacial score (nSPS) is 15.2. The Morgan fingerprint density at radius 2 is 2.09 bits per heavy atom. The van der Waals surface area contributed by atoms with Gasteiger partial charge in [0.05, 0.1) is 22.9 Å². The average Bonchev–Trinajstić information content (AvgIpc) is 3.27. The predicted octanol–water partition coefficient (Wildman–Crippen LogP) is 3.02. The fourth-order valence-electron chi connectivity index (χ4n) is 3.76. The van der Waals surface area contributed by atoms with Crippen LogP contribution in [0.2, 0.25) is 5.02 Å². The number of carbonyl (C=O) groups is 1. The van der Waals surface area contributed by atoms with Gasteiger partial charge >= 0.3 is 0 Å². The molecule has 34 heavy (non-hydrogen) atoms. The van der Waals surface area contributed by atoms with Gasteiger partial charge < -0.3 is 14.7 Å². The molecule has 3 aromatic rings. The second kappa shape index (κ2) is 11.2. The Bertz CT molecular complexity index is 1220. The van der Waals surface area contributed by atoms with E-state index in [9.17, 15) is 14.3 Å². The predicted molar refractivity (Wildman–Crippen MR) is 127 cm³/mol. The van der Waals surface area contributed by atoms with Crippen LogP contribution < -0.4 is 4.80 Å². The van der Waals surface area contributed by atoms with Crippen LogP contribution in [0.1, 0.15) is 21.6 Å². The first-order valence-electron chi connectivity index (χ1n) is 10.7. The number of halogens is 2. The number of hydrogen-bond donors (Lipinski definition) is 1. The third-order valence-electron chi connectivity index (χ3n) is 5.47. The number of carbonyl (C=O) groups excluding carboxylic acids is 1. The number of ether oxygens (including phenoxy) is 1. The zero-order chi connectivity index (χ0) is 24.1. The Morgan fingerprint density at radius 1 is 1.29 bits per heavy atom. The molecule has 0 atom stereocenters. The largest absolute Gasteiger partial charge is 0.392 e. The Morgan fingerprint density at radius 3 is 2.82 bits per heavy atom. The molecule has 1 saturated heterocycles. The second-order valence-corrected chi connectivity index (χ2v) is 9.12. The molecular formula is C23H25ClFN5O3S. The van der Waals surface area contributed by atoms with Crippen molar-refractivity contribution >= 4 is 34.7 Å². The van der Waals surface area contributed by atoms with Gasteiger partial charge in [0.25, 0.3) is 5.91 Å². The molecule has 2 aromatic heterocycles. The van der Waals surface area contributed by atoms with Crippen molar-refractivity contribution in [3.8, 4) is 0 Å². The van der Waals surface area contributed by atoms with Crippen molar-refractivity contribution in [2.45, 2.75) is 19.9 Å². The SMILES string of the molecule is COCn1ccsc1=Nc1cc(CO)cc(CN2CCN(C(=O)c3cccc(Cl)c3F)CC2)n1. The number of methoxy groups -OCH3 is 1. The van der Waals surface area contributed by atoms with Gasteiger partial charge in [0.15, 0.2) is 16.4 Å². The highest BCUT2D eigenvalue weighted by atomic mass is 35.5. The maximum absolute atomic E-state index is 14.2. The fourth-order valence-corrected chi connectivity index (χ4v) is 4.66. The highest BCUT2D eigenvalue weighted by molar-refractivity contribution is 7.07. The number of rotatable bonds is 7. The van der Waals surface area contributed by atoms with Crippen LogP contribution in [0, 0.1) is 5.82 Å². The van der Waals surface area contributed by atoms with E-state index in [-0.39, 0.29) is 23.1 Å². The summed E-state index contributed by atoms with van der Waals surface area (Å²) in [6.45, 7) is 2.98. The molecule has 1 aliphatic heterocycles. The van der Waals surface area contributed by atoms with Crippen LogP contribution in [0.4, 0.5) is 10.2 Å². The molecule has 11 heteroatoms. The molecule has 1 amide bonds. The summed E-state index contributed by atoms with van der Waals surface area (Å²) in [4.78, 5) is 26.6. The maximum Gasteiger partial charge on any atom is 0.256 e. The van der Waals surface area contributed by atoms with E-state index in [0.29, 0.717) is 45.3 Å². The van der Waals surface area contributed by atoms with E-state index >= 15 is 0 Å². The van der Waals surface area contributed by atoms with Crippen molar-refractivity contribution in [1.29, 1.82) is 0 Å². The first-order chi connectivity index (χ1) is 16.5. The summed E-state index contributed by atoms with van der Waals surface area (Å²) in [5.74, 6) is -0.531. The van der Waals surface area contributed by atoms with Crippen LogP contribution in [-0.4, -0.2) is 63.7 Å². The molecule has 1 aromatic carbocycles. The lowest BCUT2D eigenvalue weighted by atomic mass is 10.1. The van der Waals surface area contributed by atoms with E-state index in [1.54, 1.807) is 24.1 Å². The maximum atomic E-state index is 14.2. The van der Waals surface area contributed by atoms with Crippen LogP contribution in [0.15, 0.2) is 46.9 Å². The van der Waals surface area contributed by atoms with Crippen LogP contribution in [0.5, 0.6) is 0 Å². The molecule has 1 fully saturated rings. The van der Waals surface area contributed by atoms with Crippen molar-refractivity contribution in [3.63, 3.8) is 0 Å². The molecule has 0 spiro atoms. The molecule has 4 rings (SSSR count). The number of aliphatic hydroxyl groups is 1. The average molecular weight is 506 g/mol. The van der Waals surface area contributed by atoms with E-state index in [1.165, 1.54) is 23.5 Å². The minimum absolute atomic E-state index is 0.0104. The summed E-state index contributed by atoms with van der Waals surface area (Å²) in [6, 6.07) is 8.07. The van der Waals surface area contributed by atoms with E-state index in [1.807, 2.05) is 22.2 Å². The molecule has 0 bridgehead atoms. The zero-order valence-corrected chi connectivity index (χ0v) is 20.2. The third-order valence-corrected chi connectivity index (χ3v) is 6.56. The van der Waals surface area contributed by atoms with Crippen molar-refractivity contribution < 1.29 is 19.0 Å². The summed E-state index contributed by atoms with van der Waals surface area (Å²) >= 11 is 7.30. The van der Waals surface area contributed by atoms with Gasteiger partial charge in [0, 0.05) is 51.4 Å². The first kappa shape index (κ1) is 24.5. The molecule has 8 nitrogen and oxygen atoms in total. The van der Waals surface area contributed by atoms with Gasteiger partial charge in [0.1, 0.15) is 6.73 Å². The van der Waals surface area contributed by atoms with Gasteiger partial charge in [-0.05, 0) is 29.8 Å². The minimum Gasteiger partial charge on any atom is -0.392 e. The number of aromatic nitrogens is 2. The molecule has 3 heterocycles. The van der Waals surface area contributed by atoms with E-state index in [4.69, 9.17) is 16.3 Å². The van der Waals surface area contributed by atoms with Gasteiger partial charge in [0.2, 0.25) is 0 Å². The number of thiazole rings is 1. The number of aliphatic hydroxyl groups excluding tert-OH is 1. The van der Waals surface area contributed by atoms with E-state index < -0.39 is 5.82 Å². The van der Waals surface area contributed by atoms with Gasteiger partial charge in [-0.15, -0.1) is 11.3 Å². The van der Waals surface area contributed by atoms with Gasteiger partial charge in [-0.25, -0.2) is 14.4 Å². The molecule has 1 N–H and O–H groups in total. The number of piperazine rings is 1. The summed E-state index contributed by atoms with van der Waals surface area (Å²) < 4.78 is 21.3. The standard InChI is InChI=1S/C23H25ClFN5O3S/c1-33-15-30-9-10-34-23(30)27-20-12-16(14-31)11-17(26-20)13-28-5-7-29(8-6-28)22(32)18-3-2-4-19(24)21(18)25/h2-4,9-12,31H,5-8,13-15H2,1H3. The molecular weight excluding hydrogens is 481 g/mol. The van der Waals surface area contributed by atoms with Gasteiger partial charge in [-0.3, -0.25) is 14.3 Å². The molecule has 0 saturated carbocycles. The fraction of sp³-hybridized carbons (Fsp3) is 0.348. The number of hydrogen-bond acceptors (Lipinski definition) is 7. The lowest BCUT2D eigenvalue weighted by Crippen LogP contribution is -2.48. The van der Waals surface area contributed by atoms with Crippen LogP contribution in [0.3, 0.4) is 0 Å². The summed E-state index contributed by atoms with van der Waals surface area (Å²) in [5, 5.41) is 11.6. The number of nitrogens with zero attached hydrogens (tertiary/aromatic N) is 5. The number of amides is 1. The smallest absolute Gasteiger partial charge is 0.256 e. The highest BCUT2D eigenvalue weighted by Crippen LogP contribution is 2.21. The van der Waals surface area contributed by atoms with Gasteiger partial charge in [-0.2, -0.15) is 0 Å². The van der Waals surface area contributed by atoms with Crippen molar-refractivity contribution in [2.24, 2.45) is 4.99 Å². The van der Waals surface area contributed by atoms with E-state index in [2.05, 4.69) is 14.9 Å². The van der Waals surface area contributed by atoms with Crippen molar-refractivity contribution in [2.75, 3.05) is 33.3 Å². The van der Waals surface area contributed by atoms with Crippen LogP contribution in [-0.2, 0) is 24.6 Å². The molecule has 0 aliphatic carbocycles. The molecule has 0 radical (unpaired) electrons. The monoisotopic (exact) mass is 505 g/mol. The number of pyridine rings is 1. The van der Waals surface area contributed by atoms with Crippen LogP contribution in [0.25, 0.3) is 0 Å². The summed E-state index contributed by atoms with van der Waals surface area (Å²) in [7, 11) is 1.62. The third kappa shape index (κ3) is 5.70. The van der Waals surface area contributed by atoms with Crippen molar-refractivity contribution in [3.05, 3.63) is 74.4 Å². The Kier molecular flexibility index (Phi) is 8.07. The zero-order valence-electron chi connectivity index (χ0n) is 18.7. The Balaban J connectivity index is 1.44. The minimum atomic E-state index is -0.685. The summed E-state index contributed by atoms with van der Waals surface area (Å²) in [5.41, 5.74) is 1.49. The van der Waals surface area contributed by atoms with Crippen LogP contribution >= 0.6 is 22.9 Å².